The zero-order valence-electron chi connectivity index (χ0n) is 10.6. The number of hydrogen-bond acceptors (Lipinski definition) is 3. The van der Waals surface area contributed by atoms with E-state index in [0.717, 1.165) is 27.8 Å². The van der Waals surface area contributed by atoms with Gasteiger partial charge in [0.05, 0.1) is 22.2 Å². The lowest BCUT2D eigenvalue weighted by Gasteiger charge is -2.01. The van der Waals surface area contributed by atoms with Gasteiger partial charge in [-0.1, -0.05) is 6.07 Å². The zero-order chi connectivity index (χ0) is 13.6. The third kappa shape index (κ3) is 1.55. The van der Waals surface area contributed by atoms with E-state index in [2.05, 4.69) is 17.1 Å². The molecule has 0 amide bonds. The quantitative estimate of drug-likeness (QED) is 0.612. The molecular formula is C15H10N4. The number of benzene rings is 1. The lowest BCUT2D eigenvalue weighted by atomic mass is 10.1. The average molecular weight is 246 g/mol. The number of aryl methyl sites for hydroxylation is 2. The number of nitrogens with zero attached hydrogens (tertiary/aromatic N) is 4. The minimum atomic E-state index is 0.368. The Balaban J connectivity index is 2.54. The van der Waals surface area contributed by atoms with Crippen molar-refractivity contribution in [2.75, 3.05) is 0 Å². The van der Waals surface area contributed by atoms with Crippen LogP contribution >= 0.6 is 0 Å². The molecule has 2 aromatic heterocycles. The Morgan fingerprint density at radius 1 is 1.05 bits per heavy atom. The molecule has 0 N–H and O–H groups in total. The van der Waals surface area contributed by atoms with Crippen LogP contribution in [0.15, 0.2) is 24.4 Å². The molecule has 0 fully saturated rings. The second-order valence-electron chi connectivity index (χ2n) is 4.62. The highest BCUT2D eigenvalue weighted by Crippen LogP contribution is 2.23. The third-order valence-electron chi connectivity index (χ3n) is 3.20. The van der Waals surface area contributed by atoms with Gasteiger partial charge in [0, 0.05) is 6.20 Å². The fourth-order valence-corrected chi connectivity index (χ4v) is 2.38. The van der Waals surface area contributed by atoms with E-state index in [-0.39, 0.29) is 0 Å². The molecule has 0 atom stereocenters. The van der Waals surface area contributed by atoms with Crippen molar-refractivity contribution in [2.45, 2.75) is 13.8 Å². The highest BCUT2D eigenvalue weighted by Gasteiger charge is 2.11. The predicted molar refractivity (Wildman–Crippen MR) is 71.6 cm³/mol. The lowest BCUT2D eigenvalue weighted by Crippen LogP contribution is -1.90. The molecule has 0 aliphatic rings. The summed E-state index contributed by atoms with van der Waals surface area (Å²) in [6.45, 7) is 4.03. The molecule has 4 heteroatoms. The minimum Gasteiger partial charge on any atom is -0.299 e. The molecule has 0 bridgehead atoms. The summed E-state index contributed by atoms with van der Waals surface area (Å²) < 4.78 is 1.97. The standard InChI is InChI=1S/C15H10N4/c1-9-3-10(2)15-18-13-4-11(6-16)12(7-17)5-14(13)19(15)8-9/h3-5,8H,1-2H3. The summed E-state index contributed by atoms with van der Waals surface area (Å²) in [5.74, 6) is 0. The van der Waals surface area contributed by atoms with Crippen molar-refractivity contribution < 1.29 is 0 Å². The molecule has 0 spiro atoms. The largest absolute Gasteiger partial charge is 0.299 e. The second-order valence-corrected chi connectivity index (χ2v) is 4.62. The maximum Gasteiger partial charge on any atom is 0.140 e. The molecule has 0 unspecified atom stereocenters. The number of aromatic nitrogens is 2. The first-order chi connectivity index (χ1) is 9.13. The van der Waals surface area contributed by atoms with E-state index in [4.69, 9.17) is 10.5 Å². The molecule has 4 nitrogen and oxygen atoms in total. The van der Waals surface area contributed by atoms with E-state index >= 15 is 0 Å². The molecular weight excluding hydrogens is 236 g/mol. The third-order valence-corrected chi connectivity index (χ3v) is 3.20. The predicted octanol–water partition coefficient (Wildman–Crippen LogP) is 2.85. The van der Waals surface area contributed by atoms with Crippen molar-refractivity contribution in [3.05, 3.63) is 46.6 Å². The molecule has 0 aliphatic carbocycles. The molecule has 2 heterocycles. The summed E-state index contributed by atoms with van der Waals surface area (Å²) in [5, 5.41) is 18.1. The van der Waals surface area contributed by atoms with Crippen LogP contribution in [0.2, 0.25) is 0 Å². The summed E-state index contributed by atoms with van der Waals surface area (Å²) in [6.07, 6.45) is 1.99. The molecule has 19 heavy (non-hydrogen) atoms. The van der Waals surface area contributed by atoms with Crippen LogP contribution in [-0.2, 0) is 0 Å². The van der Waals surface area contributed by atoms with Crippen molar-refractivity contribution in [1.29, 1.82) is 10.5 Å². The first-order valence-electron chi connectivity index (χ1n) is 5.87. The Kier molecular flexibility index (Phi) is 2.27. The van der Waals surface area contributed by atoms with Crippen LogP contribution in [0.1, 0.15) is 22.3 Å². The molecule has 0 aliphatic heterocycles. The van der Waals surface area contributed by atoms with Crippen LogP contribution in [0, 0.1) is 36.5 Å². The first-order valence-corrected chi connectivity index (χ1v) is 5.87. The Morgan fingerprint density at radius 3 is 2.42 bits per heavy atom. The van der Waals surface area contributed by atoms with Gasteiger partial charge in [-0.3, -0.25) is 4.40 Å². The summed E-state index contributed by atoms with van der Waals surface area (Å²) in [7, 11) is 0. The van der Waals surface area contributed by atoms with Crippen LogP contribution < -0.4 is 0 Å². The first kappa shape index (κ1) is 11.3. The topological polar surface area (TPSA) is 64.9 Å². The van der Waals surface area contributed by atoms with Gasteiger partial charge in [0.2, 0.25) is 0 Å². The number of imidazole rings is 1. The van der Waals surface area contributed by atoms with Crippen molar-refractivity contribution in [2.24, 2.45) is 0 Å². The van der Waals surface area contributed by atoms with Crippen molar-refractivity contribution >= 4 is 16.7 Å². The lowest BCUT2D eigenvalue weighted by molar-refractivity contribution is 1.16. The van der Waals surface area contributed by atoms with Gasteiger partial charge in [-0.25, -0.2) is 4.98 Å². The molecule has 90 valence electrons. The SMILES string of the molecule is Cc1cc(C)c2nc3cc(C#N)c(C#N)cc3n2c1. The van der Waals surface area contributed by atoms with Crippen LogP contribution in [0.4, 0.5) is 0 Å². The summed E-state index contributed by atoms with van der Waals surface area (Å²) in [5.41, 5.74) is 5.42. The number of nitriles is 2. The Morgan fingerprint density at radius 2 is 1.74 bits per heavy atom. The number of rotatable bonds is 0. The fraction of sp³-hybridized carbons (Fsp3) is 0.133. The van der Waals surface area contributed by atoms with Crippen molar-refractivity contribution in [3.63, 3.8) is 0 Å². The molecule has 1 aromatic carbocycles. The average Bonchev–Trinajstić information content (AvgIpc) is 2.75. The van der Waals surface area contributed by atoms with E-state index in [9.17, 15) is 0 Å². The van der Waals surface area contributed by atoms with Gasteiger partial charge in [-0.05, 0) is 37.1 Å². The van der Waals surface area contributed by atoms with Gasteiger partial charge < -0.3 is 0 Å². The van der Waals surface area contributed by atoms with Crippen molar-refractivity contribution in [1.82, 2.24) is 9.38 Å². The fourth-order valence-electron chi connectivity index (χ4n) is 2.38. The number of hydrogen-bond donors (Lipinski definition) is 0. The van der Waals surface area contributed by atoms with Gasteiger partial charge in [-0.15, -0.1) is 0 Å². The van der Waals surface area contributed by atoms with Gasteiger partial charge in [-0.2, -0.15) is 10.5 Å². The van der Waals surface area contributed by atoms with Gasteiger partial charge in [0.25, 0.3) is 0 Å². The van der Waals surface area contributed by atoms with Gasteiger partial charge in [0.1, 0.15) is 17.8 Å². The highest BCUT2D eigenvalue weighted by molar-refractivity contribution is 5.84. The van der Waals surface area contributed by atoms with Gasteiger partial charge in [0.15, 0.2) is 0 Å². The Bertz CT molecular complexity index is 904. The molecule has 3 rings (SSSR count). The normalized spacial score (nSPS) is 10.5. The van der Waals surface area contributed by atoms with Crippen LogP contribution in [0.25, 0.3) is 16.7 Å². The maximum absolute atomic E-state index is 9.10. The van der Waals surface area contributed by atoms with E-state index < -0.39 is 0 Å². The molecule has 0 radical (unpaired) electrons. The second kappa shape index (κ2) is 3.83. The van der Waals surface area contributed by atoms with E-state index in [1.807, 2.05) is 30.5 Å². The van der Waals surface area contributed by atoms with Gasteiger partial charge >= 0.3 is 0 Å². The molecule has 0 saturated heterocycles. The van der Waals surface area contributed by atoms with E-state index in [1.165, 1.54) is 0 Å². The number of pyridine rings is 1. The highest BCUT2D eigenvalue weighted by atomic mass is 15.0. The van der Waals surface area contributed by atoms with Crippen LogP contribution in [0.5, 0.6) is 0 Å². The summed E-state index contributed by atoms with van der Waals surface area (Å²) >= 11 is 0. The summed E-state index contributed by atoms with van der Waals surface area (Å²) in [4.78, 5) is 4.54. The number of fused-ring (bicyclic) bond motifs is 3. The maximum atomic E-state index is 9.10. The Hall–Kier alpha value is -2.85. The van der Waals surface area contributed by atoms with E-state index in [1.54, 1.807) is 12.1 Å². The van der Waals surface area contributed by atoms with Crippen LogP contribution in [0.3, 0.4) is 0 Å². The van der Waals surface area contributed by atoms with Crippen LogP contribution in [-0.4, -0.2) is 9.38 Å². The summed E-state index contributed by atoms with van der Waals surface area (Å²) in [6, 6.07) is 9.57. The monoisotopic (exact) mass is 246 g/mol. The van der Waals surface area contributed by atoms with E-state index in [0.29, 0.717) is 11.1 Å². The van der Waals surface area contributed by atoms with Crippen molar-refractivity contribution in [3.8, 4) is 12.1 Å². The Labute approximate surface area is 110 Å². The molecule has 0 saturated carbocycles. The smallest absolute Gasteiger partial charge is 0.140 e. The molecule has 3 aromatic rings. The minimum absolute atomic E-state index is 0.368. The zero-order valence-corrected chi connectivity index (χ0v) is 10.6.